The number of pyridine rings is 1. The summed E-state index contributed by atoms with van der Waals surface area (Å²) < 4.78 is 11.1. The van der Waals surface area contributed by atoms with Crippen LogP contribution in [0.4, 0.5) is 22.0 Å². The fourth-order valence-corrected chi connectivity index (χ4v) is 4.47. The van der Waals surface area contributed by atoms with E-state index < -0.39 is 36.3 Å². The molecule has 0 bridgehead atoms. The van der Waals surface area contributed by atoms with Gasteiger partial charge < -0.3 is 46.9 Å². The van der Waals surface area contributed by atoms with Crippen LogP contribution in [-0.4, -0.2) is 96.3 Å². The molecule has 0 saturated carbocycles. The summed E-state index contributed by atoms with van der Waals surface area (Å²) in [7, 11) is 0. The van der Waals surface area contributed by atoms with Crippen LogP contribution in [-0.2, 0) is 19.1 Å². The van der Waals surface area contributed by atoms with Crippen LogP contribution < -0.4 is 53.3 Å². The summed E-state index contributed by atoms with van der Waals surface area (Å²) >= 11 is 0. The number of carbonyl (C=O) groups excluding carboxylic acids is 5. The summed E-state index contributed by atoms with van der Waals surface area (Å²) in [5.74, 6) is -2.77. The summed E-state index contributed by atoms with van der Waals surface area (Å²) in [6, 6.07) is 12.8. The number of carboxylic acid groups (broad SMARTS) is 1. The Kier molecular flexibility index (Phi) is 18.2. The fraction of sp³-hybridized carbons (Fsp3) is 0.306. The number of aliphatic carboxylic acids is 1. The molecule has 1 aromatic heterocycles. The molecular formula is C36H46N12O9. The second kappa shape index (κ2) is 23.5. The highest BCUT2D eigenvalue weighted by molar-refractivity contribution is 6.00. The summed E-state index contributed by atoms with van der Waals surface area (Å²) in [6.07, 6.45) is 1.33. The molecule has 0 fully saturated rings. The topological polar surface area (TPSA) is 312 Å². The van der Waals surface area contributed by atoms with E-state index in [1.54, 1.807) is 30.3 Å². The van der Waals surface area contributed by atoms with E-state index in [1.165, 1.54) is 36.5 Å². The van der Waals surface area contributed by atoms with Gasteiger partial charge in [0.25, 0.3) is 11.8 Å². The number of ether oxygens (including phenoxy) is 2. The minimum absolute atomic E-state index is 0.111. The Morgan fingerprint density at radius 1 is 0.860 bits per heavy atom. The lowest BCUT2D eigenvalue weighted by Gasteiger charge is -2.18. The van der Waals surface area contributed by atoms with Gasteiger partial charge in [-0.1, -0.05) is 6.07 Å². The number of benzene rings is 2. The molecule has 0 spiro atoms. The minimum atomic E-state index is -1.51. The first-order valence-electron chi connectivity index (χ1n) is 17.5. The number of urea groups is 1. The van der Waals surface area contributed by atoms with Crippen molar-refractivity contribution in [2.24, 2.45) is 10.8 Å². The average Bonchev–Trinajstić information content (AvgIpc) is 3.17. The molecule has 0 unspecified atom stereocenters. The first-order valence-corrected chi connectivity index (χ1v) is 17.5. The Balaban J connectivity index is 1.28. The van der Waals surface area contributed by atoms with Gasteiger partial charge in [0.2, 0.25) is 11.8 Å². The van der Waals surface area contributed by atoms with Crippen molar-refractivity contribution in [3.63, 3.8) is 0 Å². The zero-order valence-electron chi connectivity index (χ0n) is 31.3. The number of aromatic nitrogens is 1. The van der Waals surface area contributed by atoms with Crippen molar-refractivity contribution in [3.05, 3.63) is 78.0 Å². The van der Waals surface area contributed by atoms with Crippen molar-refractivity contribution in [1.82, 2.24) is 31.8 Å². The van der Waals surface area contributed by atoms with Crippen molar-refractivity contribution in [3.8, 4) is 5.75 Å². The number of hydrogen-bond acceptors (Lipinski definition) is 12. The van der Waals surface area contributed by atoms with Crippen molar-refractivity contribution in [1.29, 1.82) is 5.41 Å². The maximum atomic E-state index is 12.8. The third kappa shape index (κ3) is 17.6. The maximum Gasteiger partial charge on any atom is 0.334 e. The van der Waals surface area contributed by atoms with Gasteiger partial charge in [-0.25, -0.2) is 15.2 Å². The molecule has 0 aliphatic heterocycles. The molecule has 6 amide bonds. The van der Waals surface area contributed by atoms with Crippen LogP contribution in [0, 0.1) is 5.41 Å². The summed E-state index contributed by atoms with van der Waals surface area (Å²) in [5, 5.41) is 33.4. The number of nitrogens with zero attached hydrogens (tertiary/aromatic N) is 2. The molecule has 3 aromatic rings. The molecule has 1 heterocycles. The molecule has 12 N–H and O–H groups in total. The smallest absolute Gasteiger partial charge is 0.334 e. The highest BCUT2D eigenvalue weighted by Gasteiger charge is 2.24. The highest BCUT2D eigenvalue weighted by Crippen LogP contribution is 2.16. The normalized spacial score (nSPS) is 10.8. The van der Waals surface area contributed by atoms with Crippen LogP contribution in [0.3, 0.4) is 0 Å². The zero-order valence-corrected chi connectivity index (χ0v) is 31.3. The number of nitrogens with two attached hydrogens (primary N) is 1. The van der Waals surface area contributed by atoms with Gasteiger partial charge in [0.15, 0.2) is 5.96 Å². The van der Waals surface area contributed by atoms with Gasteiger partial charge in [-0.3, -0.25) is 40.2 Å². The largest absolute Gasteiger partial charge is 0.494 e. The van der Waals surface area contributed by atoms with Crippen LogP contribution in [0.5, 0.6) is 5.75 Å². The molecule has 2 aromatic carbocycles. The van der Waals surface area contributed by atoms with Crippen LogP contribution in [0.1, 0.15) is 53.8 Å². The number of amides is 6. The number of carbonyl (C=O) groups is 6. The molecule has 0 aliphatic rings. The third-order valence-electron chi connectivity index (χ3n) is 7.15. The SMILES string of the molecule is CC(C)=NNc1ccc(C(=O)NCCOCCC(=O)NCCCOc2ccc(NC(=O)[C@H](CC(=O)O)NC(=O)NNC(=O)c3cccc(NC(=N)N)c3)cc2)cn1. The van der Waals surface area contributed by atoms with Crippen LogP contribution in [0.25, 0.3) is 0 Å². The number of carboxylic acids is 1. The Labute approximate surface area is 327 Å². The van der Waals surface area contributed by atoms with Gasteiger partial charge in [0.05, 0.1) is 31.8 Å². The number of hydrogen-bond donors (Lipinski definition) is 11. The number of rotatable bonds is 21. The van der Waals surface area contributed by atoms with Crippen LogP contribution in [0.15, 0.2) is 72.0 Å². The molecule has 21 heteroatoms. The molecule has 304 valence electrons. The van der Waals surface area contributed by atoms with E-state index in [9.17, 15) is 33.9 Å². The molecule has 57 heavy (non-hydrogen) atoms. The number of nitrogens with one attached hydrogen (secondary N) is 9. The molecule has 0 saturated heterocycles. The molecule has 1 atom stereocenters. The van der Waals surface area contributed by atoms with Gasteiger partial charge in [-0.2, -0.15) is 5.10 Å². The van der Waals surface area contributed by atoms with Gasteiger partial charge in [-0.05, 0) is 74.9 Å². The third-order valence-corrected chi connectivity index (χ3v) is 7.15. The van der Waals surface area contributed by atoms with Crippen molar-refractivity contribution in [2.45, 2.75) is 39.2 Å². The number of anilines is 3. The van der Waals surface area contributed by atoms with E-state index in [0.717, 1.165) is 5.71 Å². The van der Waals surface area contributed by atoms with Gasteiger partial charge >= 0.3 is 12.0 Å². The lowest BCUT2D eigenvalue weighted by atomic mass is 10.2. The molecule has 21 nitrogen and oxygen atoms in total. The second-order valence-electron chi connectivity index (χ2n) is 12.1. The van der Waals surface area contributed by atoms with E-state index in [-0.39, 0.29) is 56.1 Å². The molecular weight excluding hydrogens is 744 g/mol. The average molecular weight is 791 g/mol. The first-order chi connectivity index (χ1) is 27.3. The Morgan fingerprint density at radius 2 is 1.63 bits per heavy atom. The lowest BCUT2D eigenvalue weighted by Crippen LogP contribution is -2.53. The van der Waals surface area contributed by atoms with Crippen molar-refractivity contribution >= 4 is 64.5 Å². The zero-order chi connectivity index (χ0) is 41.6. The fourth-order valence-electron chi connectivity index (χ4n) is 4.47. The van der Waals surface area contributed by atoms with Gasteiger partial charge in [0, 0.05) is 48.4 Å². The lowest BCUT2D eigenvalue weighted by molar-refractivity contribution is -0.139. The van der Waals surface area contributed by atoms with E-state index in [0.29, 0.717) is 41.5 Å². The molecule has 0 aliphatic carbocycles. The van der Waals surface area contributed by atoms with E-state index in [1.807, 2.05) is 13.8 Å². The monoisotopic (exact) mass is 790 g/mol. The molecule has 3 rings (SSSR count). The summed E-state index contributed by atoms with van der Waals surface area (Å²) in [6.45, 7) is 4.98. The highest BCUT2D eigenvalue weighted by atomic mass is 16.5. The predicted octanol–water partition coefficient (Wildman–Crippen LogP) is 1.34. The number of hydrazine groups is 1. The Morgan fingerprint density at radius 3 is 2.32 bits per heavy atom. The van der Waals surface area contributed by atoms with E-state index in [4.69, 9.17) is 20.6 Å². The minimum Gasteiger partial charge on any atom is -0.494 e. The number of guanidine groups is 1. The second-order valence-corrected chi connectivity index (χ2v) is 12.1. The van der Waals surface area contributed by atoms with Crippen LogP contribution >= 0.6 is 0 Å². The maximum absolute atomic E-state index is 12.8. The number of hydrazone groups is 1. The first kappa shape index (κ1) is 44.1. The van der Waals surface area contributed by atoms with Gasteiger partial charge in [0.1, 0.15) is 17.6 Å². The Bertz CT molecular complexity index is 1890. The summed E-state index contributed by atoms with van der Waals surface area (Å²) in [5.41, 5.74) is 14.3. The Hall–Kier alpha value is -7.29. The van der Waals surface area contributed by atoms with Crippen molar-refractivity contribution < 1.29 is 43.3 Å². The van der Waals surface area contributed by atoms with Gasteiger partial charge in [-0.15, -0.1) is 0 Å². The standard InChI is InChI=1S/C36H46N12O9/c1-22(2)45-46-29-12-7-24(21-41-29)32(52)40-15-18-56-17-13-30(49)39-14-4-16-57-27-10-8-25(9-11-27)42-34(54)28(20-31(50)51)44-36(55)48-47-33(53)23-5-3-6-26(19-23)43-35(37)38/h3,5-12,19,21,28H,4,13-18,20H2,1-2H3,(H,39,49)(H,40,52)(H,41,46)(H,42,54)(H,47,53)(H,50,51)(H4,37,38,43)(H2,44,48,55)/t28-/m0/s1. The summed E-state index contributed by atoms with van der Waals surface area (Å²) in [4.78, 5) is 77.6. The quantitative estimate of drug-likeness (QED) is 0.0315. The van der Waals surface area contributed by atoms with E-state index >= 15 is 0 Å². The predicted molar refractivity (Wildman–Crippen MR) is 210 cm³/mol. The van der Waals surface area contributed by atoms with E-state index in [2.05, 4.69) is 52.9 Å². The molecule has 0 radical (unpaired) electrons. The van der Waals surface area contributed by atoms with Crippen molar-refractivity contribution in [2.75, 3.05) is 49.0 Å². The van der Waals surface area contributed by atoms with Crippen LogP contribution in [0.2, 0.25) is 0 Å².